The van der Waals surface area contributed by atoms with Gasteiger partial charge in [0.25, 0.3) is 9.05 Å². The number of nitrogens with two attached hydrogens (primary N) is 6. The van der Waals surface area contributed by atoms with Crippen LogP contribution in [-0.2, 0) is 77.4 Å². The summed E-state index contributed by atoms with van der Waals surface area (Å²) in [5.41, 5.74) is 32.5. The van der Waals surface area contributed by atoms with Crippen LogP contribution in [0, 0.1) is 26.1 Å². The zero-order valence-electron chi connectivity index (χ0n) is 50.0. The summed E-state index contributed by atoms with van der Waals surface area (Å²) in [7, 11) is -10.1. The average Bonchev–Trinajstić information content (AvgIpc) is 0.868. The van der Waals surface area contributed by atoms with Crippen LogP contribution in [0.2, 0.25) is 0 Å². The second-order valence-electron chi connectivity index (χ2n) is 18.0. The number of hydrogen-bond acceptors (Lipinski definition) is 22. The molecule has 1 aromatic heterocycles. The number of nitrogen functional groups attached to an aromatic ring is 1. The maximum Gasteiger partial charge on any atom is 0.338 e. The Hall–Kier alpha value is -6.04. The first-order valence-electron chi connectivity index (χ1n) is 26.3. The average molecular weight is 1900 g/mol. The Labute approximate surface area is 618 Å². The highest BCUT2D eigenvalue weighted by Crippen LogP contribution is 2.18. The van der Waals surface area contributed by atoms with Crippen molar-refractivity contribution >= 4 is 200 Å². The summed E-state index contributed by atoms with van der Waals surface area (Å²) in [6, 6.07) is 31.5. The number of hydrogen-bond donors (Lipinski definition) is 12. The Morgan fingerprint density at radius 3 is 1.20 bits per heavy atom. The number of sulfonamides is 3. The van der Waals surface area contributed by atoms with Crippen LogP contribution >= 0.6 is 113 Å². The van der Waals surface area contributed by atoms with Gasteiger partial charge in [0.15, 0.2) is 0 Å². The SMILES string of the molecule is CCOC(=O)[C@H](CN)NS(=O)(=O)c1ccc(I)cc1.CCOC(=O)c1ccc(C#Cc2cccc(N)n2)cc1.Cl.NC(=O)C[C@H](N)C(=O)O.NC(=O)C[C@H](NS(=O)(=O)c1ccc(I)cc1)C(=O)O.NC[C@H](NS(=O)(=O)c1ccc(I)cc1)C(=O)O.O=S(=O)(Cl)c1ccc(I)cc1. The molecule has 1 heterocycles. The molecule has 6 rings (SSSR count). The largest absolute Gasteiger partial charge is 0.480 e. The van der Waals surface area contributed by atoms with Crippen molar-refractivity contribution in [1.29, 1.82) is 0 Å². The van der Waals surface area contributed by atoms with E-state index in [1.807, 2.05) is 54.6 Å². The smallest absolute Gasteiger partial charge is 0.338 e. The highest BCUT2D eigenvalue weighted by Gasteiger charge is 2.28. The van der Waals surface area contributed by atoms with E-state index >= 15 is 0 Å². The number of carboxylic acids is 3. The fourth-order valence-corrected chi connectivity index (χ4v) is 11.9. The Balaban J connectivity index is 0.00000115. The summed E-state index contributed by atoms with van der Waals surface area (Å²) < 4.78 is 112. The molecule has 5 aromatic carbocycles. The Kier molecular flexibility index (Phi) is 42.0. The number of benzene rings is 5. The number of nitrogens with zero attached hydrogens (tertiary/aromatic N) is 1. The van der Waals surface area contributed by atoms with Gasteiger partial charge in [-0.25, -0.2) is 43.4 Å². The lowest BCUT2D eigenvalue weighted by atomic mass is 10.1. The minimum absolute atomic E-state index is 0. The molecule has 0 aliphatic heterocycles. The molecule has 524 valence electrons. The van der Waals surface area contributed by atoms with Gasteiger partial charge in [0.2, 0.25) is 41.9 Å². The molecule has 18 N–H and O–H groups in total. The number of primary amides is 2. The van der Waals surface area contributed by atoms with Crippen LogP contribution in [0.3, 0.4) is 0 Å². The van der Waals surface area contributed by atoms with Crippen LogP contribution in [0.4, 0.5) is 5.82 Å². The zero-order valence-corrected chi connectivity index (χ0v) is 63.4. The third kappa shape index (κ3) is 36.0. The van der Waals surface area contributed by atoms with E-state index < -0.39 is 105 Å². The first kappa shape index (κ1) is 90.0. The number of aliphatic carboxylic acids is 3. The lowest BCUT2D eigenvalue weighted by Gasteiger charge is -2.15. The summed E-state index contributed by atoms with van der Waals surface area (Å²) in [6.07, 6.45) is -0.922. The lowest BCUT2D eigenvalue weighted by Crippen LogP contribution is -2.46. The minimum atomic E-state index is -4.01. The lowest BCUT2D eigenvalue weighted by molar-refractivity contribution is -0.145. The van der Waals surface area contributed by atoms with Gasteiger partial charge in [-0.2, -0.15) is 14.2 Å². The predicted octanol–water partition coefficient (Wildman–Crippen LogP) is 3.49. The van der Waals surface area contributed by atoms with E-state index in [1.54, 1.807) is 105 Å². The molecule has 0 bridgehead atoms. The van der Waals surface area contributed by atoms with Gasteiger partial charge in [0, 0.05) is 43.6 Å². The second-order valence-corrected chi connectivity index (χ2v) is 30.6. The van der Waals surface area contributed by atoms with Gasteiger partial charge >= 0.3 is 29.8 Å². The van der Waals surface area contributed by atoms with Crippen molar-refractivity contribution in [2.24, 2.45) is 28.7 Å². The van der Waals surface area contributed by atoms with Crippen molar-refractivity contribution in [2.45, 2.75) is 70.4 Å². The first-order valence-corrected chi connectivity index (χ1v) is 37.4. The molecule has 96 heavy (non-hydrogen) atoms. The van der Waals surface area contributed by atoms with Gasteiger partial charge in [-0.05, 0) is 244 Å². The summed E-state index contributed by atoms with van der Waals surface area (Å²) in [4.78, 5) is 79.4. The molecule has 0 saturated heterocycles. The molecule has 40 heteroatoms. The van der Waals surface area contributed by atoms with Crippen LogP contribution in [0.1, 0.15) is 48.3 Å². The van der Waals surface area contributed by atoms with Crippen molar-refractivity contribution in [3.05, 3.63) is 171 Å². The number of aromatic nitrogens is 1. The van der Waals surface area contributed by atoms with Gasteiger partial charge in [-0.1, -0.05) is 12.0 Å². The normalized spacial score (nSPS) is 11.9. The highest BCUT2D eigenvalue weighted by molar-refractivity contribution is 14.1. The molecule has 0 radical (unpaired) electrons. The van der Waals surface area contributed by atoms with Gasteiger partial charge in [0.1, 0.15) is 35.7 Å². The van der Waals surface area contributed by atoms with Gasteiger partial charge < -0.3 is 59.2 Å². The summed E-state index contributed by atoms with van der Waals surface area (Å²) in [6.45, 7) is 3.47. The molecule has 0 aliphatic carbocycles. The molecule has 0 spiro atoms. The van der Waals surface area contributed by atoms with E-state index in [9.17, 15) is 67.2 Å². The number of amides is 2. The van der Waals surface area contributed by atoms with Gasteiger partial charge in [-0.15, -0.1) is 12.4 Å². The number of pyridine rings is 1. The van der Waals surface area contributed by atoms with Crippen LogP contribution in [0.25, 0.3) is 0 Å². The van der Waals surface area contributed by atoms with Crippen LogP contribution in [0.15, 0.2) is 159 Å². The third-order valence-corrected chi connectivity index (χ3v) is 19.4. The minimum Gasteiger partial charge on any atom is -0.480 e. The second kappa shape index (κ2) is 44.8. The predicted molar refractivity (Wildman–Crippen MR) is 390 cm³/mol. The molecule has 6 aromatic rings. The number of nitrogens with one attached hydrogen (secondary N) is 3. The zero-order chi connectivity index (χ0) is 72.4. The van der Waals surface area contributed by atoms with Gasteiger partial charge in [0.05, 0.1) is 51.2 Å². The number of rotatable bonds is 23. The number of carboxylic acid groups (broad SMARTS) is 3. The first-order chi connectivity index (χ1) is 44.2. The molecule has 2 amide bonds. The molecule has 0 fully saturated rings. The van der Waals surface area contributed by atoms with Crippen LogP contribution in [0.5, 0.6) is 0 Å². The summed E-state index contributed by atoms with van der Waals surface area (Å²) in [5.74, 6) is -0.279. The van der Waals surface area contributed by atoms with Crippen LogP contribution in [-0.4, -0.2) is 146 Å². The van der Waals surface area contributed by atoms with Crippen molar-refractivity contribution in [1.82, 2.24) is 19.2 Å². The molecule has 30 nitrogen and oxygen atoms in total. The Morgan fingerprint density at radius 2 is 0.885 bits per heavy atom. The fraction of sp³-hybridized carbons (Fsp3) is 0.214. The topological polar surface area (TPSA) is 540 Å². The number of anilines is 1. The quantitative estimate of drug-likeness (QED) is 0.0189. The van der Waals surface area contributed by atoms with Crippen molar-refractivity contribution < 1.29 is 92.0 Å². The molecule has 0 unspecified atom stereocenters. The van der Waals surface area contributed by atoms with Gasteiger partial charge in [-0.3, -0.25) is 28.8 Å². The maximum absolute atomic E-state index is 12.0. The number of ether oxygens (including phenoxy) is 2. The van der Waals surface area contributed by atoms with E-state index in [-0.39, 0.29) is 64.1 Å². The maximum atomic E-state index is 12.0. The van der Waals surface area contributed by atoms with E-state index in [2.05, 4.69) is 72.5 Å². The number of halogens is 6. The standard InChI is InChI=1S/C16H14N2O2.C11H15IN2O4S.C10H11IN2O5S.C9H11IN2O4S.C6H4ClIO2S.C4H8N2O3.ClH/c1-2-20-16(19)13-9-6-12(7-10-13)8-11-14-4-3-5-15(17)18-14;1-2-18-11(15)10(7-13)14-19(16,17)9-5-3-8(12)4-6-9;11-6-1-3-7(4-2-6)19(17,18)13-8(10(15)16)5-9(12)14;10-6-1-3-7(4-2-6)17(15,16)12-8(5-11)9(13)14;7-11(9,10)6-3-1-5(8)2-4-6;5-2(4(8)9)1-3(6)7;/h3-7,9-10H,2H2,1H3,(H2,17,18);3-6,10,14H,2,7,13H2,1H3;1-4,8,13H,5H2,(H2,12,14)(H,15,16);1-4,8,12H,5,11H2,(H,13,14);1-4H;2H,1,5H2,(H2,6,7)(H,8,9);1H/t;10-;2*8-;;2-;/m.000.0./s1. The molecule has 4 atom stereocenters. The Morgan fingerprint density at radius 1 is 0.521 bits per heavy atom. The number of carbonyl (C=O) groups is 7. The molecular formula is C56H64Cl2I4N10O20S4. The third-order valence-electron chi connectivity index (χ3n) is 10.6. The number of esters is 2. The number of carbonyl (C=O) groups excluding carboxylic acids is 4. The van der Waals surface area contributed by atoms with Crippen molar-refractivity contribution in [3.63, 3.8) is 0 Å². The molecule has 0 saturated carbocycles. The summed E-state index contributed by atoms with van der Waals surface area (Å²) >= 11 is 8.20. The van der Waals surface area contributed by atoms with E-state index in [0.717, 1.165) is 19.8 Å². The summed E-state index contributed by atoms with van der Waals surface area (Å²) in [5, 5.41) is 25.7. The van der Waals surface area contributed by atoms with E-state index in [0.29, 0.717) is 23.7 Å². The fourth-order valence-electron chi connectivity index (χ4n) is 6.08. The molecular weight excluding hydrogens is 1840 g/mol. The van der Waals surface area contributed by atoms with Crippen molar-refractivity contribution in [3.8, 4) is 11.8 Å². The van der Waals surface area contributed by atoms with E-state index in [1.165, 1.54) is 48.5 Å². The Bertz CT molecular complexity index is 4100. The van der Waals surface area contributed by atoms with E-state index in [4.69, 9.17) is 64.1 Å². The van der Waals surface area contributed by atoms with Crippen LogP contribution < -0.4 is 48.6 Å². The molecule has 0 aliphatic rings. The highest BCUT2D eigenvalue weighted by atomic mass is 127. The monoisotopic (exact) mass is 1900 g/mol. The van der Waals surface area contributed by atoms with Crippen molar-refractivity contribution in [2.75, 3.05) is 32.0 Å².